The van der Waals surface area contributed by atoms with Crippen LogP contribution in [-0.2, 0) is 9.59 Å². The number of hydrogen-bond donors (Lipinski definition) is 3. The molecule has 6 heteroatoms. The van der Waals surface area contributed by atoms with Crippen molar-refractivity contribution in [2.24, 2.45) is 0 Å². The zero-order valence-electron chi connectivity index (χ0n) is 11.7. The van der Waals surface area contributed by atoms with Crippen LogP contribution in [-0.4, -0.2) is 37.6 Å². The summed E-state index contributed by atoms with van der Waals surface area (Å²) in [7, 11) is 0. The lowest BCUT2D eigenvalue weighted by Crippen LogP contribution is -2.53. The quantitative estimate of drug-likeness (QED) is 0.672. The van der Waals surface area contributed by atoms with E-state index in [0.29, 0.717) is 31.1 Å². The van der Waals surface area contributed by atoms with Crippen molar-refractivity contribution in [1.29, 1.82) is 0 Å². The molecule has 0 spiro atoms. The monoisotopic (exact) mass is 289 g/mol. The highest BCUT2D eigenvalue weighted by Crippen LogP contribution is 2.23. The average molecular weight is 289 g/mol. The predicted octanol–water partition coefficient (Wildman–Crippen LogP) is 0.668. The van der Waals surface area contributed by atoms with Crippen LogP contribution in [0.3, 0.4) is 0 Å². The normalized spacial score (nSPS) is 17.7. The van der Waals surface area contributed by atoms with Gasteiger partial charge in [0.2, 0.25) is 11.8 Å². The molecule has 1 fully saturated rings. The minimum Gasteiger partial charge on any atom is -0.487 e. The first-order valence-electron chi connectivity index (χ1n) is 6.84. The lowest BCUT2D eigenvalue weighted by molar-refractivity contribution is -0.127. The molecule has 0 aromatic heterocycles. The Kier molecular flexibility index (Phi) is 5.34. The Hall–Kier alpha value is -2.34. The molecule has 0 saturated carbocycles. The van der Waals surface area contributed by atoms with Gasteiger partial charge in [-0.05, 0) is 12.1 Å². The van der Waals surface area contributed by atoms with Gasteiger partial charge in [-0.2, -0.15) is 0 Å². The third-order valence-corrected chi connectivity index (χ3v) is 3.04. The van der Waals surface area contributed by atoms with Gasteiger partial charge in [0.05, 0.1) is 18.2 Å². The summed E-state index contributed by atoms with van der Waals surface area (Å²) in [4.78, 5) is 23.6. The van der Waals surface area contributed by atoms with Gasteiger partial charge < -0.3 is 20.7 Å². The number of anilines is 1. The van der Waals surface area contributed by atoms with Gasteiger partial charge in [0.1, 0.15) is 12.4 Å². The van der Waals surface area contributed by atoms with Crippen LogP contribution >= 0.6 is 0 Å². The number of para-hydroxylation sites is 2. The summed E-state index contributed by atoms with van der Waals surface area (Å²) >= 11 is 0. The first-order valence-corrected chi connectivity index (χ1v) is 6.84. The van der Waals surface area contributed by atoms with E-state index in [4.69, 9.17) is 4.74 Å². The topological polar surface area (TPSA) is 79.5 Å². The van der Waals surface area contributed by atoms with Gasteiger partial charge in [-0.25, -0.2) is 0 Å². The fraction of sp³-hybridized carbons (Fsp3) is 0.333. The van der Waals surface area contributed by atoms with E-state index in [0.717, 1.165) is 0 Å². The van der Waals surface area contributed by atoms with E-state index in [1.807, 2.05) is 12.1 Å². The van der Waals surface area contributed by atoms with E-state index >= 15 is 0 Å². The second kappa shape index (κ2) is 7.44. The number of rotatable bonds is 6. The molecule has 0 bridgehead atoms. The number of benzene rings is 1. The van der Waals surface area contributed by atoms with Crippen molar-refractivity contribution in [3.05, 3.63) is 36.9 Å². The standard InChI is InChI=1S/C15H19N3O3/c1-2-9-21-13-6-4-3-5-11(13)18-14(19)10-12-15(20)17-8-7-16-12/h2-6,12,16H,1,7-10H2,(H,17,20)(H,18,19). The van der Waals surface area contributed by atoms with Crippen molar-refractivity contribution in [3.8, 4) is 5.75 Å². The van der Waals surface area contributed by atoms with Crippen molar-refractivity contribution in [2.75, 3.05) is 25.0 Å². The summed E-state index contributed by atoms with van der Waals surface area (Å²) in [6, 6.07) is 6.67. The lowest BCUT2D eigenvalue weighted by atomic mass is 10.1. The number of carbonyl (C=O) groups excluding carboxylic acids is 2. The van der Waals surface area contributed by atoms with Crippen LogP contribution in [0.15, 0.2) is 36.9 Å². The Bertz CT molecular complexity index is 531. The third kappa shape index (κ3) is 4.32. The highest BCUT2D eigenvalue weighted by Gasteiger charge is 2.24. The van der Waals surface area contributed by atoms with Crippen molar-refractivity contribution >= 4 is 17.5 Å². The van der Waals surface area contributed by atoms with Gasteiger partial charge in [0.15, 0.2) is 0 Å². The van der Waals surface area contributed by atoms with Gasteiger partial charge in [0, 0.05) is 13.1 Å². The summed E-state index contributed by atoms with van der Waals surface area (Å²) in [5.74, 6) is 0.193. The van der Waals surface area contributed by atoms with Crippen LogP contribution in [0, 0.1) is 0 Å². The number of ether oxygens (including phenoxy) is 1. The van der Waals surface area contributed by atoms with E-state index in [2.05, 4.69) is 22.5 Å². The molecule has 1 atom stereocenters. The van der Waals surface area contributed by atoms with Gasteiger partial charge >= 0.3 is 0 Å². The van der Waals surface area contributed by atoms with E-state index in [1.54, 1.807) is 18.2 Å². The number of amides is 2. The molecule has 1 aliphatic heterocycles. The zero-order valence-corrected chi connectivity index (χ0v) is 11.7. The van der Waals surface area contributed by atoms with Gasteiger partial charge in [-0.15, -0.1) is 0 Å². The maximum Gasteiger partial charge on any atom is 0.237 e. The molecular weight excluding hydrogens is 270 g/mol. The Morgan fingerprint density at radius 2 is 2.24 bits per heavy atom. The average Bonchev–Trinajstić information content (AvgIpc) is 2.49. The Morgan fingerprint density at radius 1 is 1.43 bits per heavy atom. The van der Waals surface area contributed by atoms with Crippen LogP contribution in [0.5, 0.6) is 5.75 Å². The van der Waals surface area contributed by atoms with Crippen LogP contribution in [0.25, 0.3) is 0 Å². The molecule has 1 aliphatic rings. The molecule has 6 nitrogen and oxygen atoms in total. The molecule has 112 valence electrons. The van der Waals surface area contributed by atoms with Crippen LogP contribution in [0.2, 0.25) is 0 Å². The summed E-state index contributed by atoms with van der Waals surface area (Å²) in [5.41, 5.74) is 0.584. The van der Waals surface area contributed by atoms with E-state index in [1.165, 1.54) is 0 Å². The first kappa shape index (κ1) is 15.1. The Balaban J connectivity index is 1.95. The summed E-state index contributed by atoms with van der Waals surface area (Å²) in [6.07, 6.45) is 1.72. The first-order chi connectivity index (χ1) is 10.2. The van der Waals surface area contributed by atoms with E-state index in [-0.39, 0.29) is 18.2 Å². The van der Waals surface area contributed by atoms with Crippen LogP contribution < -0.4 is 20.7 Å². The molecule has 2 amide bonds. The zero-order chi connectivity index (χ0) is 15.1. The molecule has 0 radical (unpaired) electrons. The Labute approximate surface area is 123 Å². The van der Waals surface area contributed by atoms with E-state index in [9.17, 15) is 9.59 Å². The van der Waals surface area contributed by atoms with Crippen molar-refractivity contribution in [3.63, 3.8) is 0 Å². The van der Waals surface area contributed by atoms with Crippen LogP contribution in [0.1, 0.15) is 6.42 Å². The fourth-order valence-corrected chi connectivity index (χ4v) is 2.04. The largest absolute Gasteiger partial charge is 0.487 e. The molecule has 1 heterocycles. The third-order valence-electron chi connectivity index (χ3n) is 3.04. The number of nitrogens with one attached hydrogen (secondary N) is 3. The molecule has 1 aromatic rings. The second-order valence-electron chi connectivity index (χ2n) is 4.65. The SMILES string of the molecule is C=CCOc1ccccc1NC(=O)CC1NCCNC1=O. The van der Waals surface area contributed by atoms with Gasteiger partial charge in [-0.3, -0.25) is 9.59 Å². The number of carbonyl (C=O) groups is 2. The minimum atomic E-state index is -0.486. The van der Waals surface area contributed by atoms with Crippen molar-refractivity contribution in [1.82, 2.24) is 10.6 Å². The molecule has 21 heavy (non-hydrogen) atoms. The molecular formula is C15H19N3O3. The molecule has 1 unspecified atom stereocenters. The van der Waals surface area contributed by atoms with Crippen molar-refractivity contribution < 1.29 is 14.3 Å². The summed E-state index contributed by atoms with van der Waals surface area (Å²) < 4.78 is 5.47. The molecule has 1 aromatic carbocycles. The summed E-state index contributed by atoms with van der Waals surface area (Å²) in [6.45, 7) is 5.21. The van der Waals surface area contributed by atoms with Crippen LogP contribution in [0.4, 0.5) is 5.69 Å². The van der Waals surface area contributed by atoms with E-state index < -0.39 is 6.04 Å². The smallest absolute Gasteiger partial charge is 0.237 e. The molecule has 2 rings (SSSR count). The molecule has 3 N–H and O–H groups in total. The number of piperazine rings is 1. The molecule has 0 aliphatic carbocycles. The maximum absolute atomic E-state index is 12.0. The summed E-state index contributed by atoms with van der Waals surface area (Å²) in [5, 5.41) is 8.51. The van der Waals surface area contributed by atoms with Crippen molar-refractivity contribution in [2.45, 2.75) is 12.5 Å². The number of hydrogen-bond acceptors (Lipinski definition) is 4. The predicted molar refractivity (Wildman–Crippen MR) is 80.2 cm³/mol. The maximum atomic E-state index is 12.0. The lowest BCUT2D eigenvalue weighted by Gasteiger charge is -2.23. The van der Waals surface area contributed by atoms with Gasteiger partial charge in [0.25, 0.3) is 0 Å². The molecule has 1 saturated heterocycles. The Morgan fingerprint density at radius 3 is 3.00 bits per heavy atom. The highest BCUT2D eigenvalue weighted by atomic mass is 16.5. The minimum absolute atomic E-state index is 0.0849. The van der Waals surface area contributed by atoms with Gasteiger partial charge in [-0.1, -0.05) is 24.8 Å². The highest BCUT2D eigenvalue weighted by molar-refractivity contribution is 5.96. The fourth-order valence-electron chi connectivity index (χ4n) is 2.04. The second-order valence-corrected chi connectivity index (χ2v) is 4.65.